The highest BCUT2D eigenvalue weighted by Crippen LogP contribution is 2.24. The van der Waals surface area contributed by atoms with Gasteiger partial charge in [-0.3, -0.25) is 5.32 Å². The van der Waals surface area contributed by atoms with Crippen LogP contribution in [0.2, 0.25) is 0 Å². The highest BCUT2D eigenvalue weighted by Gasteiger charge is 2.29. The van der Waals surface area contributed by atoms with E-state index in [9.17, 15) is 0 Å². The van der Waals surface area contributed by atoms with Crippen LogP contribution in [0.1, 0.15) is 57.9 Å². The highest BCUT2D eigenvalue weighted by molar-refractivity contribution is 5.08. The lowest BCUT2D eigenvalue weighted by molar-refractivity contribution is 0.301. The van der Waals surface area contributed by atoms with Gasteiger partial charge in [-0.2, -0.15) is 4.98 Å². The Kier molecular flexibility index (Phi) is 3.73. The van der Waals surface area contributed by atoms with Crippen molar-refractivity contribution < 1.29 is 8.94 Å². The molecule has 0 aliphatic rings. The SMILES string of the molecule is Cc1ccc(CNC(C)(C)c2noc(C(C)(C)C)n2)o1. The van der Waals surface area contributed by atoms with Gasteiger partial charge in [0, 0.05) is 5.41 Å². The minimum Gasteiger partial charge on any atom is -0.465 e. The normalized spacial score (nSPS) is 12.9. The van der Waals surface area contributed by atoms with Gasteiger partial charge in [0.15, 0.2) is 5.82 Å². The van der Waals surface area contributed by atoms with Crippen molar-refractivity contribution >= 4 is 0 Å². The van der Waals surface area contributed by atoms with Crippen LogP contribution >= 0.6 is 0 Å². The number of nitrogens with one attached hydrogen (secondary N) is 1. The van der Waals surface area contributed by atoms with Crippen molar-refractivity contribution in [2.75, 3.05) is 0 Å². The van der Waals surface area contributed by atoms with Gasteiger partial charge < -0.3 is 8.94 Å². The van der Waals surface area contributed by atoms with Gasteiger partial charge in [0.1, 0.15) is 11.5 Å². The molecule has 0 amide bonds. The largest absolute Gasteiger partial charge is 0.465 e. The summed E-state index contributed by atoms with van der Waals surface area (Å²) in [4.78, 5) is 4.50. The summed E-state index contributed by atoms with van der Waals surface area (Å²) < 4.78 is 10.9. The van der Waals surface area contributed by atoms with Gasteiger partial charge >= 0.3 is 0 Å². The number of hydrogen-bond donors (Lipinski definition) is 1. The van der Waals surface area contributed by atoms with Gasteiger partial charge in [-0.15, -0.1) is 0 Å². The summed E-state index contributed by atoms with van der Waals surface area (Å²) in [6, 6.07) is 3.92. The molecule has 5 nitrogen and oxygen atoms in total. The van der Waals surface area contributed by atoms with Crippen molar-refractivity contribution in [3.8, 4) is 0 Å². The molecule has 0 aliphatic heterocycles. The molecule has 0 aromatic carbocycles. The molecule has 0 saturated heterocycles. The summed E-state index contributed by atoms with van der Waals surface area (Å²) in [5.74, 6) is 3.12. The van der Waals surface area contributed by atoms with Crippen molar-refractivity contribution in [2.24, 2.45) is 0 Å². The predicted molar refractivity (Wildman–Crippen MR) is 76.3 cm³/mol. The number of nitrogens with zero attached hydrogens (tertiary/aromatic N) is 2. The molecule has 2 heterocycles. The van der Waals surface area contributed by atoms with Crippen LogP contribution in [0, 0.1) is 6.92 Å². The lowest BCUT2D eigenvalue weighted by atomic mass is 9.97. The quantitative estimate of drug-likeness (QED) is 0.929. The van der Waals surface area contributed by atoms with Gasteiger partial charge in [-0.1, -0.05) is 25.9 Å². The van der Waals surface area contributed by atoms with Crippen molar-refractivity contribution in [3.05, 3.63) is 35.4 Å². The smallest absolute Gasteiger partial charge is 0.232 e. The first-order valence-corrected chi connectivity index (χ1v) is 6.83. The summed E-state index contributed by atoms with van der Waals surface area (Å²) >= 11 is 0. The molecule has 0 atom stereocenters. The van der Waals surface area contributed by atoms with Gasteiger partial charge in [0.05, 0.1) is 12.1 Å². The van der Waals surface area contributed by atoms with Crippen LogP contribution < -0.4 is 5.32 Å². The van der Waals surface area contributed by atoms with Crippen LogP contribution in [0.25, 0.3) is 0 Å². The molecule has 0 aliphatic carbocycles. The average Bonchev–Trinajstić information content (AvgIpc) is 2.94. The molecule has 5 heteroatoms. The Balaban J connectivity index is 2.08. The number of hydrogen-bond acceptors (Lipinski definition) is 5. The van der Waals surface area contributed by atoms with Crippen molar-refractivity contribution in [3.63, 3.8) is 0 Å². The highest BCUT2D eigenvalue weighted by atomic mass is 16.5. The Bertz CT molecular complexity index is 576. The summed E-state index contributed by atoms with van der Waals surface area (Å²) in [5.41, 5.74) is -0.521. The monoisotopic (exact) mass is 277 g/mol. The molecule has 2 rings (SSSR count). The summed E-state index contributed by atoms with van der Waals surface area (Å²) in [6.45, 7) is 12.8. The lowest BCUT2D eigenvalue weighted by Gasteiger charge is -2.21. The van der Waals surface area contributed by atoms with Crippen LogP contribution in [-0.4, -0.2) is 10.1 Å². The first-order chi connectivity index (χ1) is 9.18. The zero-order chi connectivity index (χ0) is 15.0. The molecule has 2 aromatic heterocycles. The topological polar surface area (TPSA) is 64.1 Å². The van der Waals surface area contributed by atoms with Crippen molar-refractivity contribution in [1.82, 2.24) is 15.5 Å². The van der Waals surface area contributed by atoms with Crippen LogP contribution in [0.3, 0.4) is 0 Å². The van der Waals surface area contributed by atoms with Gasteiger partial charge in [-0.25, -0.2) is 0 Å². The molecule has 0 saturated carbocycles. The first kappa shape index (κ1) is 14.8. The molecule has 20 heavy (non-hydrogen) atoms. The first-order valence-electron chi connectivity index (χ1n) is 6.83. The van der Waals surface area contributed by atoms with E-state index in [0.29, 0.717) is 18.3 Å². The standard InChI is InChI=1S/C15H23N3O2/c1-10-7-8-11(19-10)9-16-15(5,6)12-17-13(20-18-12)14(2,3)4/h7-8,16H,9H2,1-6H3. The summed E-state index contributed by atoms with van der Waals surface area (Å²) in [7, 11) is 0. The van der Waals surface area contributed by atoms with Crippen LogP contribution in [0.15, 0.2) is 21.1 Å². The lowest BCUT2D eigenvalue weighted by Crippen LogP contribution is -2.37. The number of aromatic nitrogens is 2. The van der Waals surface area contributed by atoms with E-state index in [-0.39, 0.29) is 11.0 Å². The fourth-order valence-electron chi connectivity index (χ4n) is 1.75. The van der Waals surface area contributed by atoms with Crippen LogP contribution in [-0.2, 0) is 17.5 Å². The zero-order valence-corrected chi connectivity index (χ0v) is 13.1. The second-order valence-electron chi connectivity index (χ2n) is 6.66. The minimum atomic E-state index is -0.381. The minimum absolute atomic E-state index is 0.139. The zero-order valence-electron chi connectivity index (χ0n) is 13.1. The molecule has 0 fully saturated rings. The van der Waals surface area contributed by atoms with E-state index in [4.69, 9.17) is 8.94 Å². The van der Waals surface area contributed by atoms with E-state index in [1.54, 1.807) is 0 Å². The third-order valence-corrected chi connectivity index (χ3v) is 3.13. The second kappa shape index (κ2) is 5.05. The summed E-state index contributed by atoms with van der Waals surface area (Å²) in [6.07, 6.45) is 0. The fraction of sp³-hybridized carbons (Fsp3) is 0.600. The Hall–Kier alpha value is -1.62. The molecule has 0 spiro atoms. The number of rotatable bonds is 4. The Morgan fingerprint density at radius 3 is 2.35 bits per heavy atom. The molecule has 110 valence electrons. The fourth-order valence-corrected chi connectivity index (χ4v) is 1.75. The third kappa shape index (κ3) is 3.28. The number of furan rings is 1. The van der Waals surface area contributed by atoms with E-state index < -0.39 is 0 Å². The third-order valence-electron chi connectivity index (χ3n) is 3.13. The van der Waals surface area contributed by atoms with Crippen molar-refractivity contribution in [2.45, 2.75) is 59.0 Å². The van der Waals surface area contributed by atoms with E-state index >= 15 is 0 Å². The van der Waals surface area contributed by atoms with Gasteiger partial charge in [0.2, 0.25) is 5.89 Å². The molecule has 1 N–H and O–H groups in total. The van der Waals surface area contributed by atoms with Crippen LogP contribution in [0.5, 0.6) is 0 Å². The maximum absolute atomic E-state index is 5.55. The van der Waals surface area contributed by atoms with Gasteiger partial charge in [0.25, 0.3) is 0 Å². The summed E-state index contributed by atoms with van der Waals surface area (Å²) in [5, 5.41) is 7.48. The average molecular weight is 277 g/mol. The van der Waals surface area contributed by atoms with E-state index in [2.05, 4.69) is 36.2 Å². The van der Waals surface area contributed by atoms with Crippen molar-refractivity contribution in [1.29, 1.82) is 0 Å². The maximum atomic E-state index is 5.55. The second-order valence-corrected chi connectivity index (χ2v) is 6.66. The van der Waals surface area contributed by atoms with E-state index in [1.807, 2.05) is 32.9 Å². The maximum Gasteiger partial charge on any atom is 0.232 e. The van der Waals surface area contributed by atoms with E-state index in [0.717, 1.165) is 11.5 Å². The molecule has 2 aromatic rings. The predicted octanol–water partition coefficient (Wildman–Crippen LogP) is 3.29. The molecular formula is C15H23N3O2. The Morgan fingerprint density at radius 1 is 1.15 bits per heavy atom. The Labute approximate surface area is 119 Å². The molecule has 0 radical (unpaired) electrons. The molecular weight excluding hydrogens is 254 g/mol. The van der Waals surface area contributed by atoms with E-state index in [1.165, 1.54) is 0 Å². The van der Waals surface area contributed by atoms with Gasteiger partial charge in [-0.05, 0) is 32.9 Å². The molecule has 0 bridgehead atoms. The number of aryl methyl sites for hydroxylation is 1. The van der Waals surface area contributed by atoms with Crippen LogP contribution in [0.4, 0.5) is 0 Å². The Morgan fingerprint density at radius 2 is 1.85 bits per heavy atom. The molecule has 0 unspecified atom stereocenters.